The standard InChI is InChI=1S/C13H22N2/c1-11-5-3-6-12(11)9-14-10-13-7-4-8-15(13)2/h4,7-8,11-12,14H,3,5-6,9-10H2,1-2H3. The molecule has 84 valence electrons. The van der Waals surface area contributed by atoms with Gasteiger partial charge in [-0.1, -0.05) is 19.8 Å². The summed E-state index contributed by atoms with van der Waals surface area (Å²) in [6, 6.07) is 4.29. The zero-order chi connectivity index (χ0) is 10.7. The first-order chi connectivity index (χ1) is 7.27. The zero-order valence-corrected chi connectivity index (χ0v) is 9.87. The van der Waals surface area contributed by atoms with Crippen molar-refractivity contribution >= 4 is 0 Å². The SMILES string of the molecule is CC1CCCC1CNCc1cccn1C. The van der Waals surface area contributed by atoms with Crippen LogP contribution < -0.4 is 5.32 Å². The quantitative estimate of drug-likeness (QED) is 0.801. The fourth-order valence-corrected chi connectivity index (χ4v) is 2.59. The summed E-state index contributed by atoms with van der Waals surface area (Å²) in [5.41, 5.74) is 1.38. The van der Waals surface area contributed by atoms with Gasteiger partial charge in [0.1, 0.15) is 0 Å². The monoisotopic (exact) mass is 206 g/mol. The second-order valence-corrected chi connectivity index (χ2v) is 4.91. The van der Waals surface area contributed by atoms with Crippen LogP contribution in [0.3, 0.4) is 0 Å². The number of hydrogen-bond donors (Lipinski definition) is 1. The summed E-state index contributed by atoms with van der Waals surface area (Å²) in [6.45, 7) is 4.58. The number of nitrogens with one attached hydrogen (secondary N) is 1. The van der Waals surface area contributed by atoms with E-state index in [1.807, 2.05) is 0 Å². The Hall–Kier alpha value is -0.760. The molecule has 1 aliphatic carbocycles. The molecule has 2 atom stereocenters. The molecular formula is C13H22N2. The van der Waals surface area contributed by atoms with Crippen LogP contribution in [-0.4, -0.2) is 11.1 Å². The summed E-state index contributed by atoms with van der Waals surface area (Å²) < 4.78 is 2.19. The van der Waals surface area contributed by atoms with E-state index in [0.29, 0.717) is 0 Å². The maximum Gasteiger partial charge on any atom is 0.0359 e. The molecule has 15 heavy (non-hydrogen) atoms. The maximum absolute atomic E-state index is 3.58. The molecule has 2 heteroatoms. The van der Waals surface area contributed by atoms with Crippen LogP contribution >= 0.6 is 0 Å². The lowest BCUT2D eigenvalue weighted by Crippen LogP contribution is -2.24. The van der Waals surface area contributed by atoms with E-state index in [1.165, 1.54) is 31.5 Å². The zero-order valence-electron chi connectivity index (χ0n) is 9.87. The molecule has 1 heterocycles. The van der Waals surface area contributed by atoms with Gasteiger partial charge in [-0.05, 0) is 36.9 Å². The van der Waals surface area contributed by atoms with Crippen molar-refractivity contribution in [2.24, 2.45) is 18.9 Å². The molecule has 1 aromatic heterocycles. The van der Waals surface area contributed by atoms with E-state index in [4.69, 9.17) is 0 Å². The lowest BCUT2D eigenvalue weighted by Gasteiger charge is -2.16. The van der Waals surface area contributed by atoms with Gasteiger partial charge in [0.15, 0.2) is 0 Å². The summed E-state index contributed by atoms with van der Waals surface area (Å²) in [7, 11) is 2.11. The van der Waals surface area contributed by atoms with Gasteiger partial charge in [-0.2, -0.15) is 0 Å². The van der Waals surface area contributed by atoms with Crippen molar-refractivity contribution in [3.8, 4) is 0 Å². The van der Waals surface area contributed by atoms with Crippen LogP contribution in [0, 0.1) is 11.8 Å². The summed E-state index contributed by atoms with van der Waals surface area (Å²) in [5, 5.41) is 3.58. The second kappa shape index (κ2) is 4.84. The molecule has 0 aromatic carbocycles. The molecule has 0 radical (unpaired) electrons. The predicted molar refractivity (Wildman–Crippen MR) is 63.6 cm³/mol. The van der Waals surface area contributed by atoms with E-state index in [-0.39, 0.29) is 0 Å². The first kappa shape index (κ1) is 10.7. The van der Waals surface area contributed by atoms with Crippen molar-refractivity contribution in [2.45, 2.75) is 32.7 Å². The van der Waals surface area contributed by atoms with Crippen molar-refractivity contribution in [3.05, 3.63) is 24.0 Å². The van der Waals surface area contributed by atoms with Crippen LogP contribution in [0.1, 0.15) is 31.9 Å². The van der Waals surface area contributed by atoms with Gasteiger partial charge in [0.05, 0.1) is 0 Å². The van der Waals surface area contributed by atoms with Crippen LogP contribution in [0.15, 0.2) is 18.3 Å². The van der Waals surface area contributed by atoms with Gasteiger partial charge in [0.25, 0.3) is 0 Å². The first-order valence-corrected chi connectivity index (χ1v) is 6.08. The Balaban J connectivity index is 1.73. The van der Waals surface area contributed by atoms with Gasteiger partial charge in [0, 0.05) is 25.5 Å². The first-order valence-electron chi connectivity index (χ1n) is 6.08. The molecular weight excluding hydrogens is 184 g/mol. The minimum atomic E-state index is 0.908. The Morgan fingerprint density at radius 3 is 2.93 bits per heavy atom. The van der Waals surface area contributed by atoms with Crippen molar-refractivity contribution in [1.29, 1.82) is 0 Å². The third-order valence-electron chi connectivity index (χ3n) is 3.80. The summed E-state index contributed by atoms with van der Waals surface area (Å²) in [4.78, 5) is 0. The fraction of sp³-hybridized carbons (Fsp3) is 0.692. The minimum Gasteiger partial charge on any atom is -0.353 e. The van der Waals surface area contributed by atoms with Gasteiger partial charge in [0.2, 0.25) is 0 Å². The Labute approximate surface area is 92.7 Å². The lowest BCUT2D eigenvalue weighted by atomic mass is 9.98. The van der Waals surface area contributed by atoms with Gasteiger partial charge < -0.3 is 9.88 Å². The van der Waals surface area contributed by atoms with Crippen molar-refractivity contribution in [3.63, 3.8) is 0 Å². The number of hydrogen-bond acceptors (Lipinski definition) is 1. The highest BCUT2D eigenvalue weighted by molar-refractivity contribution is 5.05. The van der Waals surface area contributed by atoms with Crippen molar-refractivity contribution in [2.75, 3.05) is 6.54 Å². The van der Waals surface area contributed by atoms with E-state index in [2.05, 4.69) is 42.2 Å². The van der Waals surface area contributed by atoms with Crippen LogP contribution in [0.25, 0.3) is 0 Å². The van der Waals surface area contributed by atoms with Crippen LogP contribution in [0.2, 0.25) is 0 Å². The Bertz CT molecular complexity index is 303. The van der Waals surface area contributed by atoms with Crippen LogP contribution in [0.5, 0.6) is 0 Å². The molecule has 0 saturated heterocycles. The molecule has 1 aliphatic rings. The number of aromatic nitrogens is 1. The molecule has 0 amide bonds. The third-order valence-corrected chi connectivity index (χ3v) is 3.80. The molecule has 0 aliphatic heterocycles. The highest BCUT2D eigenvalue weighted by atomic mass is 15.0. The fourth-order valence-electron chi connectivity index (χ4n) is 2.59. The van der Waals surface area contributed by atoms with Gasteiger partial charge >= 0.3 is 0 Å². The number of nitrogens with zero attached hydrogens (tertiary/aromatic N) is 1. The van der Waals surface area contributed by atoms with Crippen molar-refractivity contribution < 1.29 is 0 Å². The number of aryl methyl sites for hydroxylation is 1. The summed E-state index contributed by atoms with van der Waals surface area (Å²) >= 11 is 0. The topological polar surface area (TPSA) is 17.0 Å². The van der Waals surface area contributed by atoms with Crippen molar-refractivity contribution in [1.82, 2.24) is 9.88 Å². The Morgan fingerprint density at radius 1 is 1.47 bits per heavy atom. The highest BCUT2D eigenvalue weighted by Gasteiger charge is 2.22. The number of rotatable bonds is 4. The molecule has 2 rings (SSSR count). The maximum atomic E-state index is 3.58. The van der Waals surface area contributed by atoms with E-state index >= 15 is 0 Å². The van der Waals surface area contributed by atoms with Crippen LogP contribution in [-0.2, 0) is 13.6 Å². The van der Waals surface area contributed by atoms with Gasteiger partial charge in [-0.15, -0.1) is 0 Å². The lowest BCUT2D eigenvalue weighted by molar-refractivity contribution is 0.390. The molecule has 1 saturated carbocycles. The van der Waals surface area contributed by atoms with Crippen LogP contribution in [0.4, 0.5) is 0 Å². The highest BCUT2D eigenvalue weighted by Crippen LogP contribution is 2.30. The van der Waals surface area contributed by atoms with E-state index in [0.717, 1.165) is 18.4 Å². The Morgan fingerprint density at radius 2 is 2.33 bits per heavy atom. The molecule has 2 unspecified atom stereocenters. The normalized spacial score (nSPS) is 26.0. The van der Waals surface area contributed by atoms with E-state index < -0.39 is 0 Å². The molecule has 0 spiro atoms. The average molecular weight is 206 g/mol. The minimum absolute atomic E-state index is 0.908. The van der Waals surface area contributed by atoms with Gasteiger partial charge in [-0.3, -0.25) is 0 Å². The molecule has 1 N–H and O–H groups in total. The molecule has 1 aromatic rings. The van der Waals surface area contributed by atoms with E-state index in [1.54, 1.807) is 0 Å². The molecule has 2 nitrogen and oxygen atoms in total. The molecule has 0 bridgehead atoms. The third kappa shape index (κ3) is 2.63. The largest absolute Gasteiger partial charge is 0.353 e. The van der Waals surface area contributed by atoms with Gasteiger partial charge in [-0.25, -0.2) is 0 Å². The predicted octanol–water partition coefficient (Wildman–Crippen LogP) is 2.55. The smallest absolute Gasteiger partial charge is 0.0359 e. The van der Waals surface area contributed by atoms with E-state index in [9.17, 15) is 0 Å². The summed E-state index contributed by atoms with van der Waals surface area (Å²) in [5.74, 6) is 1.83. The Kier molecular flexibility index (Phi) is 3.47. The average Bonchev–Trinajstić information content (AvgIpc) is 2.78. The molecule has 1 fully saturated rings. The second-order valence-electron chi connectivity index (χ2n) is 4.91. The summed E-state index contributed by atoms with van der Waals surface area (Å²) in [6.07, 6.45) is 6.38.